The first-order valence-electron chi connectivity index (χ1n) is 7.99. The van der Waals surface area contributed by atoms with E-state index in [-0.39, 0.29) is 31.2 Å². The van der Waals surface area contributed by atoms with Gasteiger partial charge in [0, 0.05) is 36.9 Å². The fourth-order valence-electron chi connectivity index (χ4n) is 3.51. The molecule has 2 amide bonds. The number of carbonyl (C=O) groups excluding carboxylic acids is 2. The van der Waals surface area contributed by atoms with Crippen molar-refractivity contribution in [3.05, 3.63) is 33.8 Å². The summed E-state index contributed by atoms with van der Waals surface area (Å²) >= 11 is 3.46. The Kier molecular flexibility index (Phi) is 4.62. The van der Waals surface area contributed by atoms with E-state index in [1.165, 1.54) is 4.90 Å². The Balaban J connectivity index is 1.87. The Labute approximate surface area is 148 Å². The number of carbonyl (C=O) groups is 3. The molecule has 2 unspecified atom stereocenters. The Morgan fingerprint density at radius 1 is 1.33 bits per heavy atom. The minimum Gasteiger partial charge on any atom is -0.480 e. The molecule has 0 aliphatic carbocycles. The second kappa shape index (κ2) is 6.55. The Bertz CT molecular complexity index is 706. The van der Waals surface area contributed by atoms with Gasteiger partial charge >= 0.3 is 5.97 Å². The fraction of sp³-hybridized carbons (Fsp3) is 0.471. The molecule has 0 radical (unpaired) electrons. The number of likely N-dealkylation sites (tertiary alicyclic amines) is 1. The van der Waals surface area contributed by atoms with Crippen LogP contribution in [0, 0.1) is 5.92 Å². The molecule has 1 N–H and O–H groups in total. The van der Waals surface area contributed by atoms with Gasteiger partial charge in [-0.15, -0.1) is 0 Å². The van der Waals surface area contributed by atoms with E-state index < -0.39 is 17.9 Å². The van der Waals surface area contributed by atoms with E-state index in [9.17, 15) is 19.5 Å². The first-order valence-corrected chi connectivity index (χ1v) is 8.79. The third-order valence-corrected chi connectivity index (χ3v) is 5.59. The maximum absolute atomic E-state index is 12.9. The summed E-state index contributed by atoms with van der Waals surface area (Å²) < 4.78 is 0.867. The number of nitrogens with zero attached hydrogens (tertiary/aromatic N) is 2. The van der Waals surface area contributed by atoms with Crippen molar-refractivity contribution >= 4 is 33.7 Å². The number of amides is 2. The molecule has 24 heavy (non-hydrogen) atoms. The summed E-state index contributed by atoms with van der Waals surface area (Å²) in [6, 6.07) is 4.78. The predicted octanol–water partition coefficient (Wildman–Crippen LogP) is 1.66. The molecule has 1 saturated heterocycles. The fourth-order valence-corrected chi connectivity index (χ4v) is 4.08. The van der Waals surface area contributed by atoms with Gasteiger partial charge in [-0.2, -0.15) is 0 Å². The molecule has 1 aromatic carbocycles. The van der Waals surface area contributed by atoms with Crippen LogP contribution in [0.15, 0.2) is 22.7 Å². The number of rotatable bonds is 3. The highest BCUT2D eigenvalue weighted by Gasteiger charge is 2.41. The van der Waals surface area contributed by atoms with E-state index in [1.807, 2.05) is 25.1 Å². The minimum atomic E-state index is -1.01. The number of carboxylic acid groups (broad SMARTS) is 1. The molecule has 0 spiro atoms. The van der Waals surface area contributed by atoms with Crippen molar-refractivity contribution in [2.24, 2.45) is 5.92 Å². The van der Waals surface area contributed by atoms with Gasteiger partial charge in [-0.1, -0.05) is 28.1 Å². The molecular weight excluding hydrogens is 376 g/mol. The normalized spacial score (nSPS) is 23.3. The van der Waals surface area contributed by atoms with Crippen LogP contribution in [0.4, 0.5) is 0 Å². The summed E-state index contributed by atoms with van der Waals surface area (Å²) in [6.07, 6.45) is 0.441. The Hall–Kier alpha value is -1.89. The van der Waals surface area contributed by atoms with Gasteiger partial charge in [0.15, 0.2) is 0 Å². The van der Waals surface area contributed by atoms with Crippen molar-refractivity contribution < 1.29 is 19.5 Å². The lowest BCUT2D eigenvalue weighted by molar-refractivity contribution is -0.153. The number of carboxylic acids is 1. The summed E-state index contributed by atoms with van der Waals surface area (Å²) in [5.74, 6) is -1.74. The highest BCUT2D eigenvalue weighted by atomic mass is 79.9. The Morgan fingerprint density at radius 3 is 2.71 bits per heavy atom. The van der Waals surface area contributed by atoms with Crippen LogP contribution in [0.3, 0.4) is 0 Å². The zero-order chi connectivity index (χ0) is 17.4. The zero-order valence-corrected chi connectivity index (χ0v) is 15.0. The van der Waals surface area contributed by atoms with Crippen molar-refractivity contribution in [3.63, 3.8) is 0 Å². The lowest BCUT2D eigenvalue weighted by Crippen LogP contribution is -2.51. The van der Waals surface area contributed by atoms with Crippen molar-refractivity contribution in [1.82, 2.24) is 9.80 Å². The summed E-state index contributed by atoms with van der Waals surface area (Å²) in [6.45, 7) is 3.09. The predicted molar refractivity (Wildman–Crippen MR) is 90.2 cm³/mol. The second-order valence-corrected chi connectivity index (χ2v) is 7.09. The molecule has 7 heteroatoms. The summed E-state index contributed by atoms with van der Waals surface area (Å²) in [7, 11) is 0. The maximum Gasteiger partial charge on any atom is 0.326 e. The third-order valence-electron chi connectivity index (χ3n) is 4.84. The van der Waals surface area contributed by atoms with Gasteiger partial charge in [0.25, 0.3) is 0 Å². The average Bonchev–Trinajstić information content (AvgIpc) is 2.94. The first-order chi connectivity index (χ1) is 11.4. The molecule has 0 bridgehead atoms. The van der Waals surface area contributed by atoms with Crippen LogP contribution in [0.25, 0.3) is 0 Å². The van der Waals surface area contributed by atoms with E-state index in [2.05, 4.69) is 15.9 Å². The van der Waals surface area contributed by atoms with E-state index >= 15 is 0 Å². The summed E-state index contributed by atoms with van der Waals surface area (Å²) in [5, 5.41) is 9.58. The lowest BCUT2D eigenvalue weighted by atomic mass is 9.92. The number of hydrogen-bond acceptors (Lipinski definition) is 3. The monoisotopic (exact) mass is 394 g/mol. The lowest BCUT2D eigenvalue weighted by Gasteiger charge is -2.36. The van der Waals surface area contributed by atoms with E-state index in [4.69, 9.17) is 0 Å². The highest BCUT2D eigenvalue weighted by Crippen LogP contribution is 2.31. The van der Waals surface area contributed by atoms with Crippen molar-refractivity contribution in [1.29, 1.82) is 0 Å². The largest absolute Gasteiger partial charge is 0.480 e. The molecule has 2 heterocycles. The molecule has 1 fully saturated rings. The van der Waals surface area contributed by atoms with Gasteiger partial charge in [-0.3, -0.25) is 9.59 Å². The average molecular weight is 395 g/mol. The molecule has 2 aliphatic heterocycles. The van der Waals surface area contributed by atoms with Crippen molar-refractivity contribution in [3.8, 4) is 0 Å². The van der Waals surface area contributed by atoms with Crippen LogP contribution in [0.5, 0.6) is 0 Å². The van der Waals surface area contributed by atoms with Gasteiger partial charge in [0.05, 0.1) is 5.92 Å². The minimum absolute atomic E-state index is 0.0390. The van der Waals surface area contributed by atoms with E-state index in [1.54, 1.807) is 4.90 Å². The van der Waals surface area contributed by atoms with Gasteiger partial charge in [-0.05, 0) is 24.1 Å². The quantitative estimate of drug-likeness (QED) is 0.845. The molecule has 6 nitrogen and oxygen atoms in total. The summed E-state index contributed by atoms with van der Waals surface area (Å²) in [5.41, 5.74) is 1.89. The van der Waals surface area contributed by atoms with Gasteiger partial charge in [0.1, 0.15) is 6.04 Å². The van der Waals surface area contributed by atoms with Crippen LogP contribution in [-0.2, 0) is 27.3 Å². The van der Waals surface area contributed by atoms with Crippen molar-refractivity contribution in [2.45, 2.75) is 32.4 Å². The standard InChI is InChI=1S/C17H19BrN2O4/c1-2-19-8-11(6-15(19)21)16(22)20-9-10-4-3-5-13(18)12(10)7-14(20)17(23)24/h3-5,11,14H,2,6-9H2,1H3,(H,23,24). The Morgan fingerprint density at radius 2 is 2.08 bits per heavy atom. The molecule has 0 aromatic heterocycles. The molecule has 2 aliphatic rings. The number of benzene rings is 1. The van der Waals surface area contributed by atoms with E-state index in [0.717, 1.165) is 15.6 Å². The van der Waals surface area contributed by atoms with Gasteiger partial charge in [0.2, 0.25) is 11.8 Å². The number of fused-ring (bicyclic) bond motifs is 1. The third kappa shape index (κ3) is 2.92. The smallest absolute Gasteiger partial charge is 0.326 e. The van der Waals surface area contributed by atoms with E-state index in [0.29, 0.717) is 13.1 Å². The topological polar surface area (TPSA) is 77.9 Å². The maximum atomic E-state index is 12.9. The van der Waals surface area contributed by atoms with Gasteiger partial charge < -0.3 is 14.9 Å². The van der Waals surface area contributed by atoms with Crippen LogP contribution in [0.2, 0.25) is 0 Å². The van der Waals surface area contributed by atoms with Crippen LogP contribution in [0.1, 0.15) is 24.5 Å². The zero-order valence-electron chi connectivity index (χ0n) is 13.4. The molecule has 128 valence electrons. The van der Waals surface area contributed by atoms with Crippen LogP contribution < -0.4 is 0 Å². The number of halogens is 1. The molecule has 0 saturated carbocycles. The molecular formula is C17H19BrN2O4. The van der Waals surface area contributed by atoms with Crippen LogP contribution >= 0.6 is 15.9 Å². The SMILES string of the molecule is CCN1CC(C(=O)N2Cc3cccc(Br)c3CC2C(=O)O)CC1=O. The summed E-state index contributed by atoms with van der Waals surface area (Å²) in [4.78, 5) is 39.6. The first kappa shape index (κ1) is 17.0. The second-order valence-electron chi connectivity index (χ2n) is 6.24. The number of aliphatic carboxylic acids is 1. The van der Waals surface area contributed by atoms with Crippen LogP contribution in [-0.4, -0.2) is 51.8 Å². The molecule has 1 aromatic rings. The number of hydrogen-bond donors (Lipinski definition) is 1. The van der Waals surface area contributed by atoms with Crippen molar-refractivity contribution in [2.75, 3.05) is 13.1 Å². The highest BCUT2D eigenvalue weighted by molar-refractivity contribution is 9.10. The molecule has 2 atom stereocenters. The molecule has 3 rings (SSSR count). The van der Waals surface area contributed by atoms with Gasteiger partial charge in [-0.25, -0.2) is 4.79 Å².